The monoisotopic (exact) mass is 304 g/mol. The second-order valence-electron chi connectivity index (χ2n) is 5.22. The lowest BCUT2D eigenvalue weighted by atomic mass is 10.1. The molecule has 0 aromatic heterocycles. The number of nitrogens with zero attached hydrogens (tertiary/aromatic N) is 1. The Kier molecular flexibility index (Phi) is 4.06. The van der Waals surface area contributed by atoms with Crippen molar-refractivity contribution in [3.63, 3.8) is 0 Å². The topological polar surface area (TPSA) is 49.4 Å². The summed E-state index contributed by atoms with van der Waals surface area (Å²) in [5.74, 6) is -1.27. The van der Waals surface area contributed by atoms with Crippen LogP contribution >= 0.6 is 0 Å². The van der Waals surface area contributed by atoms with Crippen LogP contribution in [0.4, 0.5) is 11.4 Å². The molecule has 0 aliphatic carbocycles. The lowest BCUT2D eigenvalue weighted by molar-refractivity contribution is -0.134. The summed E-state index contributed by atoms with van der Waals surface area (Å²) in [6.45, 7) is 0. The number of para-hydroxylation sites is 1. The number of benzene rings is 3. The Morgan fingerprint density at radius 1 is 0.826 bits per heavy atom. The lowest BCUT2D eigenvalue weighted by Gasteiger charge is -2.16. The number of carbonyl (C=O) groups excluding carboxylic acids is 2. The van der Waals surface area contributed by atoms with Crippen LogP contribution < -0.4 is 10.2 Å². The molecule has 0 heterocycles. The molecule has 23 heavy (non-hydrogen) atoms. The maximum absolute atomic E-state index is 12.2. The number of anilines is 2. The van der Waals surface area contributed by atoms with Gasteiger partial charge in [-0.3, -0.25) is 9.59 Å². The fourth-order valence-corrected chi connectivity index (χ4v) is 2.37. The smallest absolute Gasteiger partial charge is 0.316 e. The molecular weight excluding hydrogens is 288 g/mol. The van der Waals surface area contributed by atoms with Crippen LogP contribution in [0.15, 0.2) is 72.8 Å². The van der Waals surface area contributed by atoms with Crippen molar-refractivity contribution in [1.29, 1.82) is 0 Å². The second-order valence-corrected chi connectivity index (χ2v) is 5.22. The minimum Gasteiger partial charge on any atom is -0.318 e. The molecule has 4 heteroatoms. The summed E-state index contributed by atoms with van der Waals surface area (Å²) >= 11 is 0. The molecule has 3 rings (SSSR count). The number of hydrogen-bond donors (Lipinski definition) is 1. The Balaban J connectivity index is 1.76. The average Bonchev–Trinajstić information content (AvgIpc) is 2.61. The summed E-state index contributed by atoms with van der Waals surface area (Å²) in [5, 5.41) is 4.74. The molecule has 1 N–H and O–H groups in total. The summed E-state index contributed by atoms with van der Waals surface area (Å²) in [4.78, 5) is 25.7. The first kappa shape index (κ1) is 14.8. The molecule has 0 spiro atoms. The van der Waals surface area contributed by atoms with Crippen LogP contribution in [0.5, 0.6) is 0 Å². The summed E-state index contributed by atoms with van der Waals surface area (Å²) in [6.07, 6.45) is 0. The van der Waals surface area contributed by atoms with E-state index in [2.05, 4.69) is 5.32 Å². The van der Waals surface area contributed by atoms with Gasteiger partial charge in [-0.15, -0.1) is 0 Å². The van der Waals surface area contributed by atoms with Crippen LogP contribution in [0.25, 0.3) is 10.8 Å². The molecule has 0 aliphatic heterocycles. The van der Waals surface area contributed by atoms with E-state index in [1.54, 1.807) is 25.2 Å². The second kappa shape index (κ2) is 6.32. The largest absolute Gasteiger partial charge is 0.318 e. The predicted molar refractivity (Wildman–Crippen MR) is 92.4 cm³/mol. The molecular formula is C19H16N2O2. The molecule has 3 aromatic carbocycles. The number of likely N-dealkylation sites (N-methyl/N-ethyl adjacent to an activating group) is 1. The van der Waals surface area contributed by atoms with Crippen molar-refractivity contribution in [3.8, 4) is 0 Å². The van der Waals surface area contributed by atoms with Gasteiger partial charge in [0.1, 0.15) is 0 Å². The number of rotatable bonds is 2. The number of carbonyl (C=O) groups is 2. The van der Waals surface area contributed by atoms with Gasteiger partial charge in [0.2, 0.25) is 0 Å². The van der Waals surface area contributed by atoms with Gasteiger partial charge in [-0.1, -0.05) is 48.5 Å². The molecule has 4 nitrogen and oxygen atoms in total. The molecule has 3 aromatic rings. The molecule has 2 amide bonds. The standard InChI is InChI=1S/C19H16N2O2/c1-21(17-9-3-2-4-10-17)19(23)18(22)20-16-12-11-14-7-5-6-8-15(14)13-16/h2-13H,1H3,(H,20,22). The normalized spacial score (nSPS) is 10.3. The van der Waals surface area contributed by atoms with Crippen LogP contribution in [0.3, 0.4) is 0 Å². The van der Waals surface area contributed by atoms with Gasteiger partial charge in [0.05, 0.1) is 0 Å². The van der Waals surface area contributed by atoms with Crippen LogP contribution in [0, 0.1) is 0 Å². The highest BCUT2D eigenvalue weighted by Crippen LogP contribution is 2.19. The summed E-state index contributed by atoms with van der Waals surface area (Å²) in [5.41, 5.74) is 1.27. The van der Waals surface area contributed by atoms with E-state index in [4.69, 9.17) is 0 Å². The van der Waals surface area contributed by atoms with Gasteiger partial charge in [0, 0.05) is 18.4 Å². The highest BCUT2D eigenvalue weighted by Gasteiger charge is 2.19. The van der Waals surface area contributed by atoms with E-state index in [1.165, 1.54) is 4.90 Å². The Morgan fingerprint density at radius 3 is 2.22 bits per heavy atom. The van der Waals surface area contributed by atoms with Crippen molar-refractivity contribution in [2.75, 3.05) is 17.3 Å². The van der Waals surface area contributed by atoms with Gasteiger partial charge in [0.25, 0.3) is 0 Å². The fourth-order valence-electron chi connectivity index (χ4n) is 2.37. The van der Waals surface area contributed by atoms with Gasteiger partial charge < -0.3 is 10.2 Å². The van der Waals surface area contributed by atoms with E-state index in [0.717, 1.165) is 10.8 Å². The first-order valence-electron chi connectivity index (χ1n) is 7.28. The van der Waals surface area contributed by atoms with Gasteiger partial charge >= 0.3 is 11.8 Å². The number of nitrogens with one attached hydrogen (secondary N) is 1. The maximum atomic E-state index is 12.2. The zero-order chi connectivity index (χ0) is 16.2. The highest BCUT2D eigenvalue weighted by molar-refractivity contribution is 6.44. The SMILES string of the molecule is CN(C(=O)C(=O)Nc1ccc2ccccc2c1)c1ccccc1. The number of hydrogen-bond acceptors (Lipinski definition) is 2. The molecule has 0 unspecified atom stereocenters. The van der Waals surface area contributed by atoms with E-state index < -0.39 is 11.8 Å². The van der Waals surface area contributed by atoms with Crippen LogP contribution in [-0.4, -0.2) is 18.9 Å². The number of amides is 2. The lowest BCUT2D eigenvalue weighted by Crippen LogP contribution is -2.37. The number of fused-ring (bicyclic) bond motifs is 1. The van der Waals surface area contributed by atoms with Crippen molar-refractivity contribution in [3.05, 3.63) is 72.8 Å². The van der Waals surface area contributed by atoms with Gasteiger partial charge in [0.15, 0.2) is 0 Å². The zero-order valence-corrected chi connectivity index (χ0v) is 12.7. The summed E-state index contributed by atoms with van der Waals surface area (Å²) in [6, 6.07) is 22.5. The van der Waals surface area contributed by atoms with Crippen molar-refractivity contribution in [1.82, 2.24) is 0 Å². The van der Waals surface area contributed by atoms with E-state index in [-0.39, 0.29) is 0 Å². The zero-order valence-electron chi connectivity index (χ0n) is 12.7. The van der Waals surface area contributed by atoms with Crippen molar-refractivity contribution >= 4 is 34.0 Å². The van der Waals surface area contributed by atoms with Gasteiger partial charge in [-0.2, -0.15) is 0 Å². The van der Waals surface area contributed by atoms with Crippen LogP contribution in [0.1, 0.15) is 0 Å². The first-order chi connectivity index (χ1) is 11.1. The first-order valence-corrected chi connectivity index (χ1v) is 7.28. The Morgan fingerprint density at radius 2 is 1.48 bits per heavy atom. The van der Waals surface area contributed by atoms with E-state index >= 15 is 0 Å². The van der Waals surface area contributed by atoms with Crippen LogP contribution in [0.2, 0.25) is 0 Å². The summed E-state index contributed by atoms with van der Waals surface area (Å²) in [7, 11) is 1.58. The highest BCUT2D eigenvalue weighted by atomic mass is 16.2. The Hall–Kier alpha value is -3.14. The van der Waals surface area contributed by atoms with Crippen LogP contribution in [-0.2, 0) is 9.59 Å². The maximum Gasteiger partial charge on any atom is 0.316 e. The third-order valence-electron chi connectivity index (χ3n) is 3.65. The van der Waals surface area contributed by atoms with E-state index in [1.807, 2.05) is 54.6 Å². The molecule has 0 atom stereocenters. The minimum absolute atomic E-state index is 0.600. The van der Waals surface area contributed by atoms with E-state index in [0.29, 0.717) is 11.4 Å². The summed E-state index contributed by atoms with van der Waals surface area (Å²) < 4.78 is 0. The quantitative estimate of drug-likeness (QED) is 0.737. The molecule has 0 radical (unpaired) electrons. The van der Waals surface area contributed by atoms with Crippen molar-refractivity contribution in [2.45, 2.75) is 0 Å². The van der Waals surface area contributed by atoms with Gasteiger partial charge in [-0.25, -0.2) is 0 Å². The van der Waals surface area contributed by atoms with E-state index in [9.17, 15) is 9.59 Å². The third-order valence-corrected chi connectivity index (χ3v) is 3.65. The van der Waals surface area contributed by atoms with Gasteiger partial charge in [-0.05, 0) is 35.0 Å². The Labute approximate surface area is 134 Å². The average molecular weight is 304 g/mol. The predicted octanol–water partition coefficient (Wildman–Crippen LogP) is 3.44. The Bertz CT molecular complexity index is 859. The van der Waals surface area contributed by atoms with Crippen molar-refractivity contribution < 1.29 is 9.59 Å². The molecule has 114 valence electrons. The molecule has 0 saturated carbocycles. The third kappa shape index (κ3) is 3.21. The molecule has 0 aliphatic rings. The molecule has 0 saturated heterocycles. The molecule has 0 bridgehead atoms. The molecule has 0 fully saturated rings. The minimum atomic E-state index is -0.661. The van der Waals surface area contributed by atoms with Crippen molar-refractivity contribution in [2.24, 2.45) is 0 Å². The fraction of sp³-hybridized carbons (Fsp3) is 0.0526.